The number of hydrogen-bond donors (Lipinski definition) is 2. The second-order valence-electron chi connectivity index (χ2n) is 9.09. The van der Waals surface area contributed by atoms with Crippen molar-refractivity contribution in [2.24, 2.45) is 0 Å². The third-order valence-corrected chi connectivity index (χ3v) is 7.46. The highest BCUT2D eigenvalue weighted by atomic mass is 31.2. The molecule has 3 unspecified atom stereocenters. The zero-order chi connectivity index (χ0) is 28.7. The number of benzene rings is 2. The van der Waals surface area contributed by atoms with Crippen LogP contribution in [0.5, 0.6) is 5.75 Å². The van der Waals surface area contributed by atoms with Gasteiger partial charge in [0.25, 0.3) is 5.69 Å². The lowest BCUT2D eigenvalue weighted by atomic mass is 10.1. The number of non-ortho nitro benzene ring substituents is 1. The molecule has 0 amide bonds. The lowest BCUT2D eigenvalue weighted by Gasteiger charge is -2.25. The van der Waals surface area contributed by atoms with Gasteiger partial charge in [0, 0.05) is 12.1 Å². The van der Waals surface area contributed by atoms with E-state index in [4.69, 9.17) is 13.8 Å². The second kappa shape index (κ2) is 16.6. The average Bonchev–Trinajstić information content (AvgIpc) is 2.90. The molecule has 2 rings (SSSR count). The molecule has 0 saturated carbocycles. The van der Waals surface area contributed by atoms with Gasteiger partial charge in [0.1, 0.15) is 11.8 Å². The van der Waals surface area contributed by atoms with Gasteiger partial charge in [0.05, 0.1) is 11.5 Å². The summed E-state index contributed by atoms with van der Waals surface area (Å²) in [6, 6.07) is 12.0. The molecule has 0 radical (unpaired) electrons. The van der Waals surface area contributed by atoms with Crippen LogP contribution in [0, 0.1) is 10.1 Å². The van der Waals surface area contributed by atoms with Gasteiger partial charge in [-0.25, -0.2) is 9.36 Å². The van der Waals surface area contributed by atoms with Crippen LogP contribution < -0.4 is 9.61 Å². The molecule has 39 heavy (non-hydrogen) atoms. The molecule has 0 aromatic heterocycles. The summed E-state index contributed by atoms with van der Waals surface area (Å²) in [4.78, 5) is 34.9. The third kappa shape index (κ3) is 12.0. The fraction of sp³-hybridized carbons (Fsp3) is 0.481. The van der Waals surface area contributed by atoms with Gasteiger partial charge >= 0.3 is 19.7 Å². The zero-order valence-corrected chi connectivity index (χ0v) is 23.2. The Morgan fingerprint density at radius 3 is 2.21 bits per heavy atom. The number of aliphatic carboxylic acids is 1. The summed E-state index contributed by atoms with van der Waals surface area (Å²) in [6.45, 7) is 3.65. The Morgan fingerprint density at radius 1 is 1.00 bits per heavy atom. The maximum atomic E-state index is 13.8. The summed E-state index contributed by atoms with van der Waals surface area (Å²) in [6.07, 6.45) is 5.91. The molecule has 11 nitrogen and oxygen atoms in total. The number of nitro groups is 1. The second-order valence-corrected chi connectivity index (χ2v) is 10.7. The largest absolute Gasteiger partial charge is 0.480 e. The van der Waals surface area contributed by atoms with Crippen molar-refractivity contribution in [3.8, 4) is 5.75 Å². The summed E-state index contributed by atoms with van der Waals surface area (Å²) in [5.74, 6) is -2.17. The Balaban J connectivity index is 2.08. The van der Waals surface area contributed by atoms with Crippen molar-refractivity contribution in [1.29, 1.82) is 0 Å². The van der Waals surface area contributed by atoms with Crippen molar-refractivity contribution >= 4 is 25.4 Å². The molecule has 0 spiro atoms. The van der Waals surface area contributed by atoms with Crippen molar-refractivity contribution in [3.63, 3.8) is 0 Å². The SMILES string of the molecule is CCCCCCCCCOC(=O)C(C)OP(=O)(NC(Cc1ccccc1)C(=O)O)Oc1ccc([N+](=O)[O-])cc1. The molecule has 0 heterocycles. The summed E-state index contributed by atoms with van der Waals surface area (Å²) >= 11 is 0. The topological polar surface area (TPSA) is 154 Å². The van der Waals surface area contributed by atoms with Gasteiger partial charge in [-0.2, -0.15) is 5.09 Å². The molecule has 0 aliphatic carbocycles. The van der Waals surface area contributed by atoms with E-state index >= 15 is 0 Å². The smallest absolute Gasteiger partial charge is 0.460 e. The maximum Gasteiger partial charge on any atom is 0.460 e. The van der Waals surface area contributed by atoms with Crippen LogP contribution in [0.25, 0.3) is 0 Å². The van der Waals surface area contributed by atoms with Crippen LogP contribution in [-0.2, 0) is 29.8 Å². The van der Waals surface area contributed by atoms with Gasteiger partial charge in [-0.3, -0.25) is 19.4 Å². The molecule has 2 aromatic rings. The Hall–Kier alpha value is -3.27. The van der Waals surface area contributed by atoms with Crippen molar-refractivity contribution in [2.75, 3.05) is 6.61 Å². The van der Waals surface area contributed by atoms with Crippen molar-refractivity contribution in [1.82, 2.24) is 5.09 Å². The Labute approximate surface area is 228 Å². The highest BCUT2D eigenvalue weighted by Crippen LogP contribution is 2.46. The maximum absolute atomic E-state index is 13.8. The van der Waals surface area contributed by atoms with E-state index in [0.29, 0.717) is 12.0 Å². The number of nitrogens with one attached hydrogen (secondary N) is 1. The summed E-state index contributed by atoms with van der Waals surface area (Å²) in [7, 11) is -4.50. The lowest BCUT2D eigenvalue weighted by Crippen LogP contribution is -2.39. The monoisotopic (exact) mass is 564 g/mol. The number of carbonyl (C=O) groups is 2. The number of unbranched alkanes of at least 4 members (excludes halogenated alkanes) is 6. The molecule has 214 valence electrons. The number of carboxylic acids is 1. The molecule has 0 aliphatic heterocycles. The van der Waals surface area contributed by atoms with Gasteiger partial charge in [-0.15, -0.1) is 0 Å². The standard InChI is InChI=1S/C27H37N2O9P/c1-3-4-5-6-7-8-12-19-36-27(32)21(2)37-39(35,38-24-17-15-23(16-18-24)29(33)34)28-25(26(30)31)20-22-13-10-9-11-14-22/h9-11,13-18,21,25H,3-8,12,19-20H2,1-2H3,(H,28,35)(H,30,31). The molecule has 0 fully saturated rings. The van der Waals surface area contributed by atoms with E-state index in [1.54, 1.807) is 30.3 Å². The summed E-state index contributed by atoms with van der Waals surface area (Å²) < 4.78 is 30.0. The van der Waals surface area contributed by atoms with Crippen LogP contribution in [0.3, 0.4) is 0 Å². The normalized spacial score (nSPS) is 14.1. The molecule has 2 aromatic carbocycles. The molecule has 12 heteroatoms. The van der Waals surface area contributed by atoms with Crippen LogP contribution in [0.2, 0.25) is 0 Å². The predicted octanol–water partition coefficient (Wildman–Crippen LogP) is 6.07. The zero-order valence-electron chi connectivity index (χ0n) is 22.3. The van der Waals surface area contributed by atoms with E-state index in [1.807, 2.05) is 0 Å². The average molecular weight is 565 g/mol. The van der Waals surface area contributed by atoms with Crippen LogP contribution in [0.4, 0.5) is 5.69 Å². The number of rotatable bonds is 19. The van der Waals surface area contributed by atoms with Crippen LogP contribution >= 0.6 is 7.75 Å². The van der Waals surface area contributed by atoms with Crippen molar-refractivity contribution < 1.29 is 38.0 Å². The number of carboxylic acid groups (broad SMARTS) is 1. The fourth-order valence-electron chi connectivity index (χ4n) is 3.68. The minimum atomic E-state index is -4.50. The molecule has 2 N–H and O–H groups in total. The van der Waals surface area contributed by atoms with E-state index in [1.165, 1.54) is 38.3 Å². The molecule has 0 bridgehead atoms. The van der Waals surface area contributed by atoms with E-state index in [9.17, 15) is 29.4 Å². The number of ether oxygens (including phenoxy) is 1. The Bertz CT molecular complexity index is 1100. The number of carbonyl (C=O) groups excluding carboxylic acids is 1. The first kappa shape index (κ1) is 31.9. The van der Waals surface area contributed by atoms with Gasteiger partial charge < -0.3 is 14.4 Å². The summed E-state index contributed by atoms with van der Waals surface area (Å²) in [5, 5.41) is 23.2. The van der Waals surface area contributed by atoms with Gasteiger partial charge in [0.15, 0.2) is 6.10 Å². The highest BCUT2D eigenvalue weighted by Gasteiger charge is 2.37. The van der Waals surface area contributed by atoms with E-state index in [2.05, 4.69) is 12.0 Å². The van der Waals surface area contributed by atoms with Crippen molar-refractivity contribution in [3.05, 3.63) is 70.3 Å². The minimum Gasteiger partial charge on any atom is -0.480 e. The fourth-order valence-corrected chi connectivity index (χ4v) is 5.32. The predicted molar refractivity (Wildman–Crippen MR) is 146 cm³/mol. The molecular weight excluding hydrogens is 527 g/mol. The van der Waals surface area contributed by atoms with E-state index in [0.717, 1.165) is 31.4 Å². The third-order valence-electron chi connectivity index (χ3n) is 5.79. The van der Waals surface area contributed by atoms with Crippen LogP contribution in [-0.4, -0.2) is 40.7 Å². The Kier molecular flexibility index (Phi) is 13.6. The Morgan fingerprint density at radius 2 is 1.62 bits per heavy atom. The van der Waals surface area contributed by atoms with Crippen molar-refractivity contribution in [2.45, 2.75) is 77.4 Å². The molecule has 0 aliphatic rings. The van der Waals surface area contributed by atoms with Gasteiger partial charge in [0.2, 0.25) is 0 Å². The number of hydrogen-bond acceptors (Lipinski definition) is 8. The molecule has 3 atom stereocenters. The van der Waals surface area contributed by atoms with Gasteiger partial charge in [-0.1, -0.05) is 75.8 Å². The van der Waals surface area contributed by atoms with E-state index < -0.39 is 36.8 Å². The number of esters is 1. The van der Waals surface area contributed by atoms with Crippen LogP contribution in [0.1, 0.15) is 64.4 Å². The minimum absolute atomic E-state index is 0.0514. The lowest BCUT2D eigenvalue weighted by molar-refractivity contribution is -0.384. The number of nitro benzene ring substituents is 1. The van der Waals surface area contributed by atoms with Gasteiger partial charge in [-0.05, 0) is 37.5 Å². The highest BCUT2D eigenvalue weighted by molar-refractivity contribution is 7.52. The first-order valence-electron chi connectivity index (χ1n) is 13.1. The van der Waals surface area contributed by atoms with Crippen LogP contribution in [0.15, 0.2) is 54.6 Å². The first-order valence-corrected chi connectivity index (χ1v) is 14.6. The first-order chi connectivity index (χ1) is 18.6. The van der Waals surface area contributed by atoms with E-state index in [-0.39, 0.29) is 24.5 Å². The summed E-state index contributed by atoms with van der Waals surface area (Å²) in [5.41, 5.74) is 0.433. The quantitative estimate of drug-likeness (QED) is 0.0676. The number of nitrogens with zero attached hydrogens (tertiary/aromatic N) is 1. The molecule has 0 saturated heterocycles. The molecular formula is C27H37N2O9P.